The lowest BCUT2D eigenvalue weighted by Crippen LogP contribution is -2.48. The molecule has 0 aliphatic carbocycles. The topological polar surface area (TPSA) is 91.8 Å². The van der Waals surface area contributed by atoms with Crippen molar-refractivity contribution in [1.29, 1.82) is 0 Å². The Morgan fingerprint density at radius 1 is 1.10 bits per heavy atom. The van der Waals surface area contributed by atoms with Gasteiger partial charge in [0, 0.05) is 49.0 Å². The summed E-state index contributed by atoms with van der Waals surface area (Å²) in [7, 11) is 2.00. The number of halogens is 1. The maximum atomic E-state index is 13.2. The summed E-state index contributed by atoms with van der Waals surface area (Å²) in [5.41, 5.74) is 1.06. The molecule has 1 aromatic carbocycles. The van der Waals surface area contributed by atoms with E-state index in [9.17, 15) is 9.59 Å². The van der Waals surface area contributed by atoms with E-state index in [-0.39, 0.29) is 5.69 Å². The van der Waals surface area contributed by atoms with E-state index in [0.29, 0.717) is 35.1 Å². The minimum absolute atomic E-state index is 0.145. The normalized spacial score (nSPS) is 19.0. The van der Waals surface area contributed by atoms with Crippen molar-refractivity contribution in [1.82, 2.24) is 24.8 Å². The number of aromatic nitrogens is 3. The summed E-state index contributed by atoms with van der Waals surface area (Å²) in [5.74, 6) is -0.0936. The van der Waals surface area contributed by atoms with Gasteiger partial charge in [-0.15, -0.1) is 0 Å². The second-order valence-electron chi connectivity index (χ2n) is 7.50. The number of amides is 2. The summed E-state index contributed by atoms with van der Waals surface area (Å²) >= 11 is 6.11. The zero-order valence-electron chi connectivity index (χ0n) is 16.7. The highest BCUT2D eigenvalue weighted by Gasteiger charge is 2.44. The summed E-state index contributed by atoms with van der Waals surface area (Å²) < 4.78 is 5.79. The quantitative estimate of drug-likeness (QED) is 0.607. The van der Waals surface area contributed by atoms with Crippen LogP contribution < -0.4 is 4.90 Å². The first-order chi connectivity index (χ1) is 15.0. The van der Waals surface area contributed by atoms with Crippen molar-refractivity contribution in [2.24, 2.45) is 0 Å². The van der Waals surface area contributed by atoms with Crippen molar-refractivity contribution in [2.75, 3.05) is 38.1 Å². The standard InChI is InChI=1S/C21H19ClN6O3/c1-26-8-10-27(11-9-26)21(30)31-20-18-17(23-6-7-24-18)19(29)28(20)16-5-3-13-2-4-14(22)12-15(13)25-16/h2-7,12,20H,8-11H2,1H3. The summed E-state index contributed by atoms with van der Waals surface area (Å²) in [4.78, 5) is 44.1. The molecule has 0 saturated carbocycles. The number of rotatable bonds is 2. The van der Waals surface area contributed by atoms with E-state index in [2.05, 4.69) is 19.9 Å². The average molecular weight is 439 g/mol. The van der Waals surface area contributed by atoms with Crippen LogP contribution in [-0.2, 0) is 4.74 Å². The summed E-state index contributed by atoms with van der Waals surface area (Å²) in [6.45, 7) is 2.61. The largest absolute Gasteiger partial charge is 0.419 e. The van der Waals surface area contributed by atoms with Gasteiger partial charge in [0.1, 0.15) is 11.5 Å². The predicted molar refractivity (Wildman–Crippen MR) is 114 cm³/mol. The highest BCUT2D eigenvalue weighted by molar-refractivity contribution is 6.31. The number of nitrogens with zero attached hydrogens (tertiary/aromatic N) is 6. The fraction of sp³-hybridized carbons (Fsp3) is 0.286. The number of fused-ring (bicyclic) bond motifs is 2. The lowest BCUT2D eigenvalue weighted by Gasteiger charge is -2.33. The van der Waals surface area contributed by atoms with Crippen molar-refractivity contribution in [3.05, 3.63) is 59.1 Å². The van der Waals surface area contributed by atoms with Gasteiger partial charge < -0.3 is 14.5 Å². The summed E-state index contributed by atoms with van der Waals surface area (Å²) in [6.07, 6.45) is 1.36. The van der Waals surface area contributed by atoms with Gasteiger partial charge in [-0.2, -0.15) is 0 Å². The number of ether oxygens (including phenoxy) is 1. The van der Waals surface area contributed by atoms with Gasteiger partial charge in [0.15, 0.2) is 5.69 Å². The summed E-state index contributed by atoms with van der Waals surface area (Å²) in [5, 5.41) is 1.41. The Hall–Kier alpha value is -3.30. The Bertz CT molecular complexity index is 1180. The Morgan fingerprint density at radius 3 is 2.65 bits per heavy atom. The number of pyridine rings is 1. The van der Waals surface area contributed by atoms with Crippen LogP contribution >= 0.6 is 11.6 Å². The average Bonchev–Trinajstić information content (AvgIpc) is 3.05. The molecule has 0 radical (unpaired) electrons. The van der Waals surface area contributed by atoms with Crippen molar-refractivity contribution in [3.63, 3.8) is 0 Å². The molecule has 0 bridgehead atoms. The molecule has 158 valence electrons. The first kappa shape index (κ1) is 19.7. The van der Waals surface area contributed by atoms with Crippen LogP contribution in [0.5, 0.6) is 0 Å². The predicted octanol–water partition coefficient (Wildman–Crippen LogP) is 2.72. The zero-order valence-corrected chi connectivity index (χ0v) is 17.5. The van der Waals surface area contributed by atoms with E-state index in [0.717, 1.165) is 18.5 Å². The van der Waals surface area contributed by atoms with Gasteiger partial charge in [-0.1, -0.05) is 17.7 Å². The molecule has 1 atom stereocenters. The number of anilines is 1. The number of piperazine rings is 1. The van der Waals surface area contributed by atoms with E-state index in [1.807, 2.05) is 19.2 Å². The monoisotopic (exact) mass is 438 g/mol. The first-order valence-corrected chi connectivity index (χ1v) is 10.2. The maximum absolute atomic E-state index is 13.2. The second kappa shape index (κ2) is 7.75. The first-order valence-electron chi connectivity index (χ1n) is 9.86. The van der Waals surface area contributed by atoms with Crippen LogP contribution in [0.3, 0.4) is 0 Å². The highest BCUT2D eigenvalue weighted by Crippen LogP contribution is 2.36. The molecule has 2 aromatic heterocycles. The third kappa shape index (κ3) is 3.55. The van der Waals surface area contributed by atoms with Gasteiger partial charge in [0.05, 0.1) is 5.52 Å². The smallest absolute Gasteiger partial charge is 0.412 e. The molecule has 9 nitrogen and oxygen atoms in total. The van der Waals surface area contributed by atoms with E-state index < -0.39 is 18.2 Å². The molecule has 4 heterocycles. The van der Waals surface area contributed by atoms with Crippen molar-refractivity contribution in [2.45, 2.75) is 6.23 Å². The number of hydrogen-bond donors (Lipinski definition) is 0. The van der Waals surface area contributed by atoms with Crippen molar-refractivity contribution < 1.29 is 14.3 Å². The molecule has 1 fully saturated rings. The number of carbonyl (C=O) groups is 2. The Balaban J connectivity index is 1.51. The van der Waals surface area contributed by atoms with Crippen LogP contribution in [0, 0.1) is 0 Å². The number of hydrogen-bond acceptors (Lipinski definition) is 7. The van der Waals surface area contributed by atoms with Crippen LogP contribution in [-0.4, -0.2) is 70.0 Å². The van der Waals surface area contributed by atoms with Crippen LogP contribution in [0.15, 0.2) is 42.7 Å². The molecule has 31 heavy (non-hydrogen) atoms. The van der Waals surface area contributed by atoms with Crippen LogP contribution in [0.25, 0.3) is 10.9 Å². The lowest BCUT2D eigenvalue weighted by molar-refractivity contribution is 0.0477. The van der Waals surface area contributed by atoms with E-state index in [1.165, 1.54) is 17.3 Å². The van der Waals surface area contributed by atoms with Gasteiger partial charge in [-0.3, -0.25) is 9.78 Å². The molecule has 0 spiro atoms. The molecular formula is C21H19ClN6O3. The molecule has 2 aliphatic rings. The molecule has 2 amide bonds. The molecule has 2 aliphatic heterocycles. The van der Waals surface area contributed by atoms with E-state index in [4.69, 9.17) is 16.3 Å². The van der Waals surface area contributed by atoms with Gasteiger partial charge in [0.25, 0.3) is 5.91 Å². The molecule has 1 unspecified atom stereocenters. The SMILES string of the molecule is CN1CCN(C(=O)OC2c3nccnc3C(=O)N2c2ccc3ccc(Cl)cc3n2)CC1. The highest BCUT2D eigenvalue weighted by atomic mass is 35.5. The Labute approximate surface area is 183 Å². The molecule has 10 heteroatoms. The van der Waals surface area contributed by atoms with E-state index in [1.54, 1.807) is 23.1 Å². The molecular weight excluding hydrogens is 420 g/mol. The summed E-state index contributed by atoms with van der Waals surface area (Å²) in [6, 6.07) is 8.89. The van der Waals surface area contributed by atoms with Crippen molar-refractivity contribution >= 4 is 40.3 Å². The minimum Gasteiger partial charge on any atom is -0.419 e. The zero-order chi connectivity index (χ0) is 21.5. The maximum Gasteiger partial charge on any atom is 0.412 e. The third-order valence-corrected chi connectivity index (χ3v) is 5.71. The van der Waals surface area contributed by atoms with Gasteiger partial charge >= 0.3 is 6.09 Å². The molecule has 0 N–H and O–H groups in total. The Kier molecular flexibility index (Phi) is 4.91. The fourth-order valence-electron chi connectivity index (χ4n) is 3.74. The minimum atomic E-state index is -1.05. The second-order valence-corrected chi connectivity index (χ2v) is 7.93. The van der Waals surface area contributed by atoms with Crippen LogP contribution in [0.2, 0.25) is 5.02 Å². The lowest BCUT2D eigenvalue weighted by atomic mass is 10.2. The van der Waals surface area contributed by atoms with Crippen LogP contribution in [0.1, 0.15) is 22.4 Å². The Morgan fingerprint density at radius 2 is 1.84 bits per heavy atom. The molecule has 5 rings (SSSR count). The fourth-order valence-corrected chi connectivity index (χ4v) is 3.91. The van der Waals surface area contributed by atoms with Gasteiger partial charge in [-0.05, 0) is 31.3 Å². The number of likely N-dealkylation sites (N-methyl/N-ethyl adjacent to an activating group) is 1. The van der Waals surface area contributed by atoms with E-state index >= 15 is 0 Å². The molecule has 3 aromatic rings. The third-order valence-electron chi connectivity index (χ3n) is 5.48. The molecule has 1 saturated heterocycles. The number of benzene rings is 1. The van der Waals surface area contributed by atoms with Crippen molar-refractivity contribution in [3.8, 4) is 0 Å². The van der Waals surface area contributed by atoms with Crippen LogP contribution in [0.4, 0.5) is 10.6 Å². The van der Waals surface area contributed by atoms with Gasteiger partial charge in [-0.25, -0.2) is 19.7 Å². The van der Waals surface area contributed by atoms with Gasteiger partial charge in [0.2, 0.25) is 6.23 Å². The number of carbonyl (C=O) groups excluding carboxylic acids is 2.